The summed E-state index contributed by atoms with van der Waals surface area (Å²) in [7, 11) is 0. The topological polar surface area (TPSA) is 57.5 Å². The molecule has 3 nitrogen and oxygen atoms in total. The van der Waals surface area contributed by atoms with Crippen LogP contribution in [-0.2, 0) is 11.2 Å². The van der Waals surface area contributed by atoms with Crippen LogP contribution in [0.25, 0.3) is 0 Å². The molecule has 0 aliphatic rings. The maximum atomic E-state index is 10.8. The highest BCUT2D eigenvalue weighted by Crippen LogP contribution is 2.15. The van der Waals surface area contributed by atoms with Crippen LogP contribution in [0.5, 0.6) is 5.75 Å². The molecular weight excluding hydrogens is 180 g/mol. The normalized spacial score (nSPS) is 12.4. The highest BCUT2D eigenvalue weighted by Gasteiger charge is 2.15. The molecule has 1 rings (SSSR count). The number of phenolic OH excluding ortho intramolecular Hbond substituents is 1. The molecular formula is C11H14O3. The second kappa shape index (κ2) is 4.65. The number of aromatic hydroxyl groups is 1. The maximum absolute atomic E-state index is 10.8. The standard InChI is InChI=1S/C11H14O3/c1-2-9(11(13)14)7-8-3-5-10(12)6-4-8/h3-6,9,12H,2,7H2,1H3,(H,13,14)/t9-/m1/s1. The summed E-state index contributed by atoms with van der Waals surface area (Å²) in [5.41, 5.74) is 0.942. The van der Waals surface area contributed by atoms with Crippen molar-refractivity contribution in [3.8, 4) is 5.75 Å². The molecule has 0 heterocycles. The first kappa shape index (κ1) is 10.6. The number of aliphatic carboxylic acids is 1. The molecule has 2 N–H and O–H groups in total. The Morgan fingerprint density at radius 2 is 1.93 bits per heavy atom. The van der Waals surface area contributed by atoms with Gasteiger partial charge in [-0.3, -0.25) is 4.79 Å². The van der Waals surface area contributed by atoms with E-state index in [4.69, 9.17) is 10.2 Å². The molecule has 0 bridgehead atoms. The summed E-state index contributed by atoms with van der Waals surface area (Å²) in [6.45, 7) is 1.86. The summed E-state index contributed by atoms with van der Waals surface area (Å²) in [6, 6.07) is 6.65. The van der Waals surface area contributed by atoms with Crippen LogP contribution in [0, 0.1) is 5.92 Å². The van der Waals surface area contributed by atoms with Crippen molar-refractivity contribution in [2.45, 2.75) is 19.8 Å². The van der Waals surface area contributed by atoms with E-state index in [1.54, 1.807) is 24.3 Å². The lowest BCUT2D eigenvalue weighted by Crippen LogP contribution is -2.15. The summed E-state index contributed by atoms with van der Waals surface area (Å²) >= 11 is 0. The Kier molecular flexibility index (Phi) is 3.51. The summed E-state index contributed by atoms with van der Waals surface area (Å²) in [5.74, 6) is -0.891. The van der Waals surface area contributed by atoms with Crippen LogP contribution in [0.1, 0.15) is 18.9 Å². The quantitative estimate of drug-likeness (QED) is 0.771. The molecule has 0 aromatic heterocycles. The number of phenols is 1. The zero-order valence-electron chi connectivity index (χ0n) is 8.10. The third-order valence-electron chi connectivity index (χ3n) is 2.26. The highest BCUT2D eigenvalue weighted by atomic mass is 16.4. The van der Waals surface area contributed by atoms with Gasteiger partial charge in [0, 0.05) is 0 Å². The van der Waals surface area contributed by atoms with Gasteiger partial charge in [0.15, 0.2) is 0 Å². The Morgan fingerprint density at radius 3 is 2.36 bits per heavy atom. The molecule has 14 heavy (non-hydrogen) atoms. The average Bonchev–Trinajstić information content (AvgIpc) is 2.16. The molecule has 0 amide bonds. The third kappa shape index (κ3) is 2.76. The maximum Gasteiger partial charge on any atom is 0.306 e. The second-order valence-corrected chi connectivity index (χ2v) is 3.31. The fraction of sp³-hybridized carbons (Fsp3) is 0.364. The predicted octanol–water partition coefficient (Wildman–Crippen LogP) is 2.05. The fourth-order valence-corrected chi connectivity index (χ4v) is 1.32. The monoisotopic (exact) mass is 194 g/mol. The second-order valence-electron chi connectivity index (χ2n) is 3.31. The SMILES string of the molecule is CC[C@H](Cc1ccc(O)cc1)C(=O)O. The van der Waals surface area contributed by atoms with Crippen molar-refractivity contribution in [1.82, 2.24) is 0 Å². The van der Waals surface area contributed by atoms with Crippen molar-refractivity contribution in [1.29, 1.82) is 0 Å². The van der Waals surface area contributed by atoms with Gasteiger partial charge in [0.2, 0.25) is 0 Å². The van der Waals surface area contributed by atoms with Gasteiger partial charge in [-0.2, -0.15) is 0 Å². The van der Waals surface area contributed by atoms with Crippen LogP contribution in [-0.4, -0.2) is 16.2 Å². The van der Waals surface area contributed by atoms with Crippen LogP contribution in [0.2, 0.25) is 0 Å². The van der Waals surface area contributed by atoms with E-state index >= 15 is 0 Å². The molecule has 0 radical (unpaired) electrons. The van der Waals surface area contributed by atoms with Gasteiger partial charge in [-0.25, -0.2) is 0 Å². The Bertz CT molecular complexity index is 303. The van der Waals surface area contributed by atoms with Gasteiger partial charge in [-0.05, 0) is 30.5 Å². The fourth-order valence-electron chi connectivity index (χ4n) is 1.32. The molecule has 1 aromatic rings. The summed E-state index contributed by atoms with van der Waals surface area (Å²) in [5, 5.41) is 17.9. The van der Waals surface area contributed by atoms with Gasteiger partial charge in [0.1, 0.15) is 5.75 Å². The van der Waals surface area contributed by atoms with Gasteiger partial charge < -0.3 is 10.2 Å². The smallest absolute Gasteiger partial charge is 0.306 e. The van der Waals surface area contributed by atoms with Crippen LogP contribution >= 0.6 is 0 Å². The zero-order valence-corrected chi connectivity index (χ0v) is 8.10. The average molecular weight is 194 g/mol. The van der Waals surface area contributed by atoms with E-state index in [0.717, 1.165) is 5.56 Å². The minimum atomic E-state index is -0.763. The van der Waals surface area contributed by atoms with Crippen molar-refractivity contribution in [3.05, 3.63) is 29.8 Å². The summed E-state index contributed by atoms with van der Waals surface area (Å²) in [4.78, 5) is 10.8. The van der Waals surface area contributed by atoms with Crippen molar-refractivity contribution >= 4 is 5.97 Å². The van der Waals surface area contributed by atoms with Crippen molar-refractivity contribution < 1.29 is 15.0 Å². The van der Waals surface area contributed by atoms with Crippen LogP contribution in [0.15, 0.2) is 24.3 Å². The van der Waals surface area contributed by atoms with E-state index in [0.29, 0.717) is 12.8 Å². The first-order valence-corrected chi connectivity index (χ1v) is 4.64. The Labute approximate surface area is 83.0 Å². The van der Waals surface area contributed by atoms with E-state index in [-0.39, 0.29) is 11.7 Å². The van der Waals surface area contributed by atoms with E-state index in [9.17, 15) is 4.79 Å². The van der Waals surface area contributed by atoms with Crippen LogP contribution in [0.3, 0.4) is 0 Å². The third-order valence-corrected chi connectivity index (χ3v) is 2.26. The van der Waals surface area contributed by atoms with Gasteiger partial charge in [-0.15, -0.1) is 0 Å². The zero-order chi connectivity index (χ0) is 10.6. The van der Waals surface area contributed by atoms with E-state index < -0.39 is 5.97 Å². The van der Waals surface area contributed by atoms with Gasteiger partial charge in [0.05, 0.1) is 5.92 Å². The number of rotatable bonds is 4. The molecule has 0 fully saturated rings. The van der Waals surface area contributed by atoms with Gasteiger partial charge in [0.25, 0.3) is 0 Å². The van der Waals surface area contributed by atoms with Crippen molar-refractivity contribution in [2.75, 3.05) is 0 Å². The minimum absolute atomic E-state index is 0.206. The van der Waals surface area contributed by atoms with E-state index in [1.807, 2.05) is 6.92 Å². The van der Waals surface area contributed by atoms with Gasteiger partial charge in [-0.1, -0.05) is 19.1 Å². The number of carbonyl (C=O) groups is 1. The number of carboxylic acids is 1. The van der Waals surface area contributed by atoms with E-state index in [2.05, 4.69) is 0 Å². The lowest BCUT2D eigenvalue weighted by atomic mass is 9.97. The lowest BCUT2D eigenvalue weighted by Gasteiger charge is -2.09. The Hall–Kier alpha value is -1.51. The molecule has 3 heteroatoms. The first-order chi connectivity index (χ1) is 6.63. The summed E-state index contributed by atoms with van der Waals surface area (Å²) in [6.07, 6.45) is 1.14. The Morgan fingerprint density at radius 1 is 1.36 bits per heavy atom. The number of benzene rings is 1. The molecule has 1 atom stereocenters. The molecule has 0 unspecified atom stereocenters. The number of hydrogen-bond donors (Lipinski definition) is 2. The lowest BCUT2D eigenvalue weighted by molar-refractivity contribution is -0.141. The Balaban J connectivity index is 2.67. The highest BCUT2D eigenvalue weighted by molar-refractivity contribution is 5.70. The molecule has 0 aliphatic carbocycles. The minimum Gasteiger partial charge on any atom is -0.508 e. The molecule has 76 valence electrons. The predicted molar refractivity (Wildman–Crippen MR) is 53.2 cm³/mol. The van der Waals surface area contributed by atoms with Crippen molar-refractivity contribution in [2.24, 2.45) is 5.92 Å². The first-order valence-electron chi connectivity index (χ1n) is 4.64. The molecule has 0 spiro atoms. The number of hydrogen-bond acceptors (Lipinski definition) is 2. The number of carboxylic acid groups (broad SMARTS) is 1. The van der Waals surface area contributed by atoms with E-state index in [1.165, 1.54) is 0 Å². The van der Waals surface area contributed by atoms with Crippen molar-refractivity contribution in [3.63, 3.8) is 0 Å². The van der Waals surface area contributed by atoms with Gasteiger partial charge >= 0.3 is 5.97 Å². The molecule has 1 aromatic carbocycles. The summed E-state index contributed by atoms with van der Waals surface area (Å²) < 4.78 is 0. The molecule has 0 saturated carbocycles. The molecule has 0 saturated heterocycles. The van der Waals surface area contributed by atoms with Crippen LogP contribution < -0.4 is 0 Å². The largest absolute Gasteiger partial charge is 0.508 e. The molecule has 0 aliphatic heterocycles. The van der Waals surface area contributed by atoms with Crippen LogP contribution in [0.4, 0.5) is 0 Å².